The van der Waals surface area contributed by atoms with E-state index in [4.69, 9.17) is 0 Å². The van der Waals surface area contributed by atoms with Crippen molar-refractivity contribution in [2.24, 2.45) is 0 Å². The lowest BCUT2D eigenvalue weighted by Crippen LogP contribution is -2.08. The molecule has 0 atom stereocenters. The van der Waals surface area contributed by atoms with Crippen LogP contribution >= 0.6 is 0 Å². The van der Waals surface area contributed by atoms with Crippen LogP contribution in [0.1, 0.15) is 31.5 Å². The quantitative estimate of drug-likeness (QED) is 0.878. The molecule has 2 aromatic rings. The minimum absolute atomic E-state index is 0.0611. The van der Waals surface area contributed by atoms with E-state index < -0.39 is 0 Å². The highest BCUT2D eigenvalue weighted by atomic mass is 16.1. The highest BCUT2D eigenvalue weighted by Crippen LogP contribution is 2.35. The molecule has 5 heteroatoms. The summed E-state index contributed by atoms with van der Waals surface area (Å²) in [4.78, 5) is 15.3. The highest BCUT2D eigenvalue weighted by Gasteiger charge is 2.24. The summed E-state index contributed by atoms with van der Waals surface area (Å²) in [5.74, 6) is -0.0611. The molecule has 0 saturated heterocycles. The second-order valence-electron chi connectivity index (χ2n) is 5.14. The van der Waals surface area contributed by atoms with Gasteiger partial charge in [-0.2, -0.15) is 0 Å². The third-order valence-corrected chi connectivity index (χ3v) is 3.34. The number of imidazole rings is 1. The molecule has 1 saturated carbocycles. The van der Waals surface area contributed by atoms with E-state index in [0.717, 1.165) is 17.9 Å². The van der Waals surface area contributed by atoms with E-state index in [1.165, 1.54) is 25.5 Å². The van der Waals surface area contributed by atoms with Crippen molar-refractivity contribution in [2.75, 3.05) is 10.6 Å². The fraction of sp³-hybridized carbons (Fsp3) is 0.333. The van der Waals surface area contributed by atoms with Crippen molar-refractivity contribution < 1.29 is 4.79 Å². The first kappa shape index (κ1) is 12.7. The standard InChI is InChI=1S/C15H18N4O/c1-11(20)18-13-4-2-3-12(7-13)17-9-15-8-16-10-19(15)14-5-6-14/h2-4,7-8,10,14,17H,5-6,9H2,1H3,(H,18,20). The van der Waals surface area contributed by atoms with Crippen LogP contribution in [0.4, 0.5) is 11.4 Å². The Morgan fingerprint density at radius 2 is 2.20 bits per heavy atom. The van der Waals surface area contributed by atoms with E-state index in [1.54, 1.807) is 0 Å². The van der Waals surface area contributed by atoms with E-state index in [9.17, 15) is 4.79 Å². The van der Waals surface area contributed by atoms with Gasteiger partial charge in [-0.25, -0.2) is 4.98 Å². The number of hydrogen-bond acceptors (Lipinski definition) is 3. The number of nitrogens with zero attached hydrogens (tertiary/aromatic N) is 2. The van der Waals surface area contributed by atoms with Crippen molar-refractivity contribution in [3.8, 4) is 0 Å². The lowest BCUT2D eigenvalue weighted by Gasteiger charge is -2.10. The Kier molecular flexibility index (Phi) is 3.41. The first-order valence-corrected chi connectivity index (χ1v) is 6.84. The molecule has 1 aliphatic rings. The number of rotatable bonds is 5. The predicted molar refractivity (Wildman–Crippen MR) is 78.6 cm³/mol. The third-order valence-electron chi connectivity index (χ3n) is 3.34. The molecule has 1 aromatic heterocycles. The van der Waals surface area contributed by atoms with Gasteiger partial charge in [0.1, 0.15) is 0 Å². The fourth-order valence-corrected chi connectivity index (χ4v) is 2.25. The molecular weight excluding hydrogens is 252 g/mol. The van der Waals surface area contributed by atoms with E-state index in [1.807, 2.05) is 36.8 Å². The van der Waals surface area contributed by atoms with Gasteiger partial charge in [0, 0.05) is 30.5 Å². The van der Waals surface area contributed by atoms with Gasteiger partial charge in [0.2, 0.25) is 5.91 Å². The van der Waals surface area contributed by atoms with E-state index >= 15 is 0 Å². The molecule has 5 nitrogen and oxygen atoms in total. The lowest BCUT2D eigenvalue weighted by atomic mass is 10.2. The molecule has 20 heavy (non-hydrogen) atoms. The van der Waals surface area contributed by atoms with Gasteiger partial charge < -0.3 is 15.2 Å². The molecule has 1 heterocycles. The van der Waals surface area contributed by atoms with Crippen LogP contribution in [0, 0.1) is 0 Å². The zero-order valence-electron chi connectivity index (χ0n) is 11.5. The number of carbonyl (C=O) groups excluding carboxylic acids is 1. The summed E-state index contributed by atoms with van der Waals surface area (Å²) in [6.07, 6.45) is 6.31. The van der Waals surface area contributed by atoms with Crippen LogP contribution in [0.3, 0.4) is 0 Å². The van der Waals surface area contributed by atoms with Gasteiger partial charge in [0.05, 0.1) is 18.6 Å². The Morgan fingerprint density at radius 3 is 2.95 bits per heavy atom. The number of hydrogen-bond donors (Lipinski definition) is 2. The molecule has 1 fully saturated rings. The van der Waals surface area contributed by atoms with Gasteiger partial charge in [-0.15, -0.1) is 0 Å². The van der Waals surface area contributed by atoms with Gasteiger partial charge in [0.25, 0.3) is 0 Å². The minimum atomic E-state index is -0.0611. The molecule has 1 amide bonds. The average Bonchev–Trinajstić information content (AvgIpc) is 3.15. The van der Waals surface area contributed by atoms with Gasteiger partial charge >= 0.3 is 0 Å². The zero-order valence-corrected chi connectivity index (χ0v) is 11.5. The molecule has 0 aliphatic heterocycles. The number of anilines is 2. The van der Waals surface area contributed by atoms with Crippen molar-refractivity contribution in [1.82, 2.24) is 9.55 Å². The Labute approximate surface area is 118 Å². The second kappa shape index (κ2) is 5.36. The molecule has 104 valence electrons. The molecular formula is C15H18N4O. The molecule has 3 rings (SSSR count). The van der Waals surface area contributed by atoms with Crippen LogP contribution in [0.2, 0.25) is 0 Å². The number of benzene rings is 1. The Morgan fingerprint density at radius 1 is 1.40 bits per heavy atom. The Balaban J connectivity index is 1.65. The van der Waals surface area contributed by atoms with Crippen molar-refractivity contribution in [3.05, 3.63) is 42.5 Å². The monoisotopic (exact) mass is 270 g/mol. The van der Waals surface area contributed by atoms with Crippen molar-refractivity contribution in [1.29, 1.82) is 0 Å². The van der Waals surface area contributed by atoms with Gasteiger partial charge in [-0.05, 0) is 31.0 Å². The van der Waals surface area contributed by atoms with Crippen LogP contribution in [0.5, 0.6) is 0 Å². The smallest absolute Gasteiger partial charge is 0.221 e. The van der Waals surface area contributed by atoms with Gasteiger partial charge in [-0.1, -0.05) is 6.07 Å². The zero-order chi connectivity index (χ0) is 13.9. The minimum Gasteiger partial charge on any atom is -0.379 e. The van der Waals surface area contributed by atoms with E-state index in [2.05, 4.69) is 20.2 Å². The Bertz CT molecular complexity index is 616. The third kappa shape index (κ3) is 2.99. The summed E-state index contributed by atoms with van der Waals surface area (Å²) in [5, 5.41) is 6.15. The summed E-state index contributed by atoms with van der Waals surface area (Å²) in [5.41, 5.74) is 2.98. The first-order chi connectivity index (χ1) is 9.72. The molecule has 0 spiro atoms. The van der Waals surface area contributed by atoms with Crippen LogP contribution in [0.25, 0.3) is 0 Å². The first-order valence-electron chi connectivity index (χ1n) is 6.84. The highest BCUT2D eigenvalue weighted by molar-refractivity contribution is 5.89. The van der Waals surface area contributed by atoms with Gasteiger partial charge in [0.15, 0.2) is 0 Å². The molecule has 1 aliphatic carbocycles. The topological polar surface area (TPSA) is 59.0 Å². The maximum atomic E-state index is 11.1. The largest absolute Gasteiger partial charge is 0.379 e. The summed E-state index contributed by atoms with van der Waals surface area (Å²) >= 11 is 0. The molecule has 1 aromatic carbocycles. The van der Waals surface area contributed by atoms with Crippen LogP contribution in [-0.2, 0) is 11.3 Å². The summed E-state index contributed by atoms with van der Waals surface area (Å²) < 4.78 is 2.24. The molecule has 0 radical (unpaired) electrons. The van der Waals surface area contributed by atoms with E-state index in [-0.39, 0.29) is 5.91 Å². The fourth-order valence-electron chi connectivity index (χ4n) is 2.25. The van der Waals surface area contributed by atoms with Crippen molar-refractivity contribution in [3.63, 3.8) is 0 Å². The number of nitrogens with one attached hydrogen (secondary N) is 2. The molecule has 0 unspecified atom stereocenters. The van der Waals surface area contributed by atoms with E-state index in [0.29, 0.717) is 6.04 Å². The average molecular weight is 270 g/mol. The molecule has 2 N–H and O–H groups in total. The maximum absolute atomic E-state index is 11.1. The predicted octanol–water partition coefficient (Wildman–Crippen LogP) is 2.79. The normalized spacial score (nSPS) is 14.1. The second-order valence-corrected chi connectivity index (χ2v) is 5.14. The Hall–Kier alpha value is -2.30. The molecule has 0 bridgehead atoms. The van der Waals surface area contributed by atoms with Crippen molar-refractivity contribution >= 4 is 17.3 Å². The van der Waals surface area contributed by atoms with Gasteiger partial charge in [-0.3, -0.25) is 4.79 Å². The number of carbonyl (C=O) groups is 1. The van der Waals surface area contributed by atoms with Crippen LogP contribution in [-0.4, -0.2) is 15.5 Å². The number of amides is 1. The van der Waals surface area contributed by atoms with Crippen LogP contribution < -0.4 is 10.6 Å². The maximum Gasteiger partial charge on any atom is 0.221 e. The lowest BCUT2D eigenvalue weighted by molar-refractivity contribution is -0.114. The van der Waals surface area contributed by atoms with Crippen molar-refractivity contribution in [2.45, 2.75) is 32.4 Å². The summed E-state index contributed by atoms with van der Waals surface area (Å²) in [6, 6.07) is 8.36. The summed E-state index contributed by atoms with van der Waals surface area (Å²) in [7, 11) is 0. The number of aromatic nitrogens is 2. The summed E-state index contributed by atoms with van der Waals surface area (Å²) in [6.45, 7) is 2.24. The SMILES string of the molecule is CC(=O)Nc1cccc(NCc2cncn2C2CC2)c1. The van der Waals surface area contributed by atoms with Crippen LogP contribution in [0.15, 0.2) is 36.8 Å².